The van der Waals surface area contributed by atoms with Crippen molar-refractivity contribution in [2.45, 2.75) is 12.0 Å². The van der Waals surface area contributed by atoms with Crippen molar-refractivity contribution < 1.29 is 9.90 Å². The molecule has 2 aromatic heterocycles. The number of nitrogens with one attached hydrogen (secondary N) is 2. The van der Waals surface area contributed by atoms with Crippen LogP contribution in [-0.4, -0.2) is 50.8 Å². The van der Waals surface area contributed by atoms with Crippen LogP contribution in [0.5, 0.6) is 0 Å². The smallest absolute Gasteiger partial charge is 0.255 e. The number of rotatable bonds is 3. The van der Waals surface area contributed by atoms with E-state index in [2.05, 4.69) is 20.7 Å². The van der Waals surface area contributed by atoms with Gasteiger partial charge in [0.1, 0.15) is 0 Å². The minimum atomic E-state index is -0.850. The van der Waals surface area contributed by atoms with Crippen molar-refractivity contribution in [1.29, 1.82) is 0 Å². The third-order valence-corrected chi connectivity index (χ3v) is 3.37. The van der Waals surface area contributed by atoms with Gasteiger partial charge in [-0.15, -0.1) is 0 Å². The number of carbonyl (C=O) groups is 1. The molecule has 1 amide bonds. The number of aromatic nitrogens is 3. The molecule has 1 aliphatic rings. The summed E-state index contributed by atoms with van der Waals surface area (Å²) in [7, 11) is 0. The molecule has 3 heterocycles. The van der Waals surface area contributed by atoms with Crippen LogP contribution in [0.2, 0.25) is 0 Å². The van der Waals surface area contributed by atoms with Crippen molar-refractivity contribution in [3.8, 4) is 0 Å². The molecule has 0 aromatic carbocycles. The van der Waals surface area contributed by atoms with Gasteiger partial charge in [0.2, 0.25) is 0 Å². The highest BCUT2D eigenvalue weighted by molar-refractivity contribution is 6.00. The van der Waals surface area contributed by atoms with Crippen LogP contribution in [0, 0.1) is 0 Å². The molecular weight excluding hydrogens is 246 g/mol. The van der Waals surface area contributed by atoms with Crippen LogP contribution in [0.25, 0.3) is 5.52 Å². The summed E-state index contributed by atoms with van der Waals surface area (Å²) in [6.07, 6.45) is 7.02. The molecule has 1 unspecified atom stereocenters. The van der Waals surface area contributed by atoms with Gasteiger partial charge in [-0.3, -0.25) is 9.78 Å². The first-order chi connectivity index (χ1) is 9.18. The average Bonchev–Trinajstić information content (AvgIpc) is 3.03. The number of aliphatic hydroxyl groups is 1. The second-order valence-corrected chi connectivity index (χ2v) is 4.80. The molecule has 1 saturated heterocycles. The molecule has 7 heteroatoms. The van der Waals surface area contributed by atoms with Gasteiger partial charge < -0.3 is 15.7 Å². The maximum absolute atomic E-state index is 12.1. The lowest BCUT2D eigenvalue weighted by Crippen LogP contribution is -2.44. The van der Waals surface area contributed by atoms with E-state index in [4.69, 9.17) is 0 Å². The molecule has 0 spiro atoms. The van der Waals surface area contributed by atoms with Crippen LogP contribution in [0.15, 0.2) is 24.8 Å². The van der Waals surface area contributed by atoms with Gasteiger partial charge >= 0.3 is 0 Å². The molecule has 0 bridgehead atoms. The van der Waals surface area contributed by atoms with E-state index in [9.17, 15) is 9.90 Å². The lowest BCUT2D eigenvalue weighted by atomic mass is 10.0. The van der Waals surface area contributed by atoms with Crippen molar-refractivity contribution in [3.63, 3.8) is 0 Å². The molecule has 0 radical (unpaired) electrons. The molecule has 1 atom stereocenters. The van der Waals surface area contributed by atoms with E-state index >= 15 is 0 Å². The molecule has 1 fully saturated rings. The SMILES string of the molecule is O=C(NCC1(O)CCNC1)c1cnn2ccncc12. The van der Waals surface area contributed by atoms with E-state index in [0.29, 0.717) is 24.0 Å². The lowest BCUT2D eigenvalue weighted by molar-refractivity contribution is 0.0562. The van der Waals surface area contributed by atoms with E-state index in [1.165, 1.54) is 6.20 Å². The quantitative estimate of drug-likeness (QED) is 0.671. The molecule has 0 saturated carbocycles. The summed E-state index contributed by atoms with van der Waals surface area (Å²) < 4.78 is 1.59. The third kappa shape index (κ3) is 2.29. The second kappa shape index (κ2) is 4.60. The van der Waals surface area contributed by atoms with Crippen LogP contribution >= 0.6 is 0 Å². The summed E-state index contributed by atoms with van der Waals surface area (Å²) in [5, 5.41) is 20.0. The van der Waals surface area contributed by atoms with Crippen molar-refractivity contribution in [2.75, 3.05) is 19.6 Å². The Kier molecular flexibility index (Phi) is 2.92. The number of hydrogen-bond donors (Lipinski definition) is 3. The van der Waals surface area contributed by atoms with Crippen LogP contribution in [-0.2, 0) is 0 Å². The fourth-order valence-electron chi connectivity index (χ4n) is 2.23. The highest BCUT2D eigenvalue weighted by Crippen LogP contribution is 2.13. The largest absolute Gasteiger partial charge is 0.387 e. The third-order valence-electron chi connectivity index (χ3n) is 3.37. The van der Waals surface area contributed by atoms with E-state index in [-0.39, 0.29) is 12.5 Å². The van der Waals surface area contributed by atoms with Gasteiger partial charge in [0, 0.05) is 25.5 Å². The first kappa shape index (κ1) is 12.1. The first-order valence-electron chi connectivity index (χ1n) is 6.17. The maximum Gasteiger partial charge on any atom is 0.255 e. The Morgan fingerprint density at radius 3 is 3.26 bits per heavy atom. The normalized spacial score (nSPS) is 22.8. The molecule has 3 rings (SSSR count). The topological polar surface area (TPSA) is 91.5 Å². The number of amides is 1. The minimum absolute atomic E-state index is 0.233. The maximum atomic E-state index is 12.1. The number of β-amino-alcohol motifs (C(OH)–C–C–N with tert-alkyl or cyclic N) is 1. The summed E-state index contributed by atoms with van der Waals surface area (Å²) in [5.74, 6) is -0.247. The van der Waals surface area contributed by atoms with Gasteiger partial charge in [0.05, 0.1) is 29.1 Å². The summed E-state index contributed by atoms with van der Waals surface area (Å²) >= 11 is 0. The Hall–Kier alpha value is -1.99. The van der Waals surface area contributed by atoms with E-state index < -0.39 is 5.60 Å². The number of carbonyl (C=O) groups excluding carboxylic acids is 1. The van der Waals surface area contributed by atoms with Crippen molar-refractivity contribution in [1.82, 2.24) is 25.2 Å². The molecular formula is C12H15N5O2. The fraction of sp³-hybridized carbons (Fsp3) is 0.417. The molecule has 2 aromatic rings. The molecule has 3 N–H and O–H groups in total. The van der Waals surface area contributed by atoms with Crippen molar-refractivity contribution in [3.05, 3.63) is 30.4 Å². The predicted octanol–water partition coefficient (Wildman–Crippen LogP) is -0.816. The molecule has 0 aliphatic carbocycles. The van der Waals surface area contributed by atoms with Crippen LogP contribution in [0.3, 0.4) is 0 Å². The van der Waals surface area contributed by atoms with Gasteiger partial charge in [-0.2, -0.15) is 5.10 Å². The standard InChI is InChI=1S/C12H15N5O2/c18-11(15-8-12(19)1-2-14-7-12)9-5-16-17-4-3-13-6-10(9)17/h3-6,14,19H,1-2,7-8H2,(H,15,18). The van der Waals surface area contributed by atoms with Gasteiger partial charge in [0.25, 0.3) is 5.91 Å². The van der Waals surface area contributed by atoms with E-state index in [1.807, 2.05) is 0 Å². The number of nitrogens with zero attached hydrogens (tertiary/aromatic N) is 3. The van der Waals surface area contributed by atoms with Crippen LogP contribution in [0.1, 0.15) is 16.8 Å². The average molecular weight is 261 g/mol. The molecule has 1 aliphatic heterocycles. The summed E-state index contributed by atoms with van der Waals surface area (Å²) in [6.45, 7) is 1.51. The second-order valence-electron chi connectivity index (χ2n) is 4.80. The Balaban J connectivity index is 1.73. The van der Waals surface area contributed by atoms with Gasteiger partial charge in [-0.25, -0.2) is 4.52 Å². The number of fused-ring (bicyclic) bond motifs is 1. The van der Waals surface area contributed by atoms with E-state index in [1.54, 1.807) is 23.1 Å². The molecule has 19 heavy (non-hydrogen) atoms. The Morgan fingerprint density at radius 2 is 2.47 bits per heavy atom. The van der Waals surface area contributed by atoms with Gasteiger partial charge in [-0.05, 0) is 13.0 Å². The Labute approximate surface area is 109 Å². The number of hydrogen-bond acceptors (Lipinski definition) is 5. The van der Waals surface area contributed by atoms with Gasteiger partial charge in [-0.1, -0.05) is 0 Å². The fourth-order valence-corrected chi connectivity index (χ4v) is 2.23. The summed E-state index contributed by atoms with van der Waals surface area (Å²) in [4.78, 5) is 16.1. The summed E-state index contributed by atoms with van der Waals surface area (Å²) in [5.41, 5.74) is 0.260. The van der Waals surface area contributed by atoms with Gasteiger partial charge in [0.15, 0.2) is 0 Å². The van der Waals surface area contributed by atoms with Crippen molar-refractivity contribution >= 4 is 11.4 Å². The van der Waals surface area contributed by atoms with Crippen LogP contribution in [0.4, 0.5) is 0 Å². The van der Waals surface area contributed by atoms with Crippen molar-refractivity contribution in [2.24, 2.45) is 0 Å². The Bertz CT molecular complexity index is 603. The first-order valence-corrected chi connectivity index (χ1v) is 6.17. The predicted molar refractivity (Wildman–Crippen MR) is 67.8 cm³/mol. The lowest BCUT2D eigenvalue weighted by Gasteiger charge is -2.21. The zero-order valence-electron chi connectivity index (χ0n) is 10.3. The highest BCUT2D eigenvalue weighted by atomic mass is 16.3. The monoisotopic (exact) mass is 261 g/mol. The Morgan fingerprint density at radius 1 is 1.58 bits per heavy atom. The highest BCUT2D eigenvalue weighted by Gasteiger charge is 2.31. The molecule has 100 valence electrons. The zero-order valence-corrected chi connectivity index (χ0v) is 10.3. The zero-order chi connectivity index (χ0) is 13.3. The van der Waals surface area contributed by atoms with Crippen LogP contribution < -0.4 is 10.6 Å². The molecule has 7 nitrogen and oxygen atoms in total. The summed E-state index contributed by atoms with van der Waals surface area (Å²) in [6, 6.07) is 0. The minimum Gasteiger partial charge on any atom is -0.387 e. The van der Waals surface area contributed by atoms with E-state index in [0.717, 1.165) is 6.54 Å².